The van der Waals surface area contributed by atoms with Crippen molar-refractivity contribution in [1.29, 1.82) is 0 Å². The molecular weight excluding hydrogens is 417 g/mol. The number of nitro benzene ring substituents is 1. The summed E-state index contributed by atoms with van der Waals surface area (Å²) in [7, 11) is 1.22. The molecule has 0 spiro atoms. The van der Waals surface area contributed by atoms with Crippen molar-refractivity contribution in [2.24, 2.45) is 5.92 Å². The fourth-order valence-corrected chi connectivity index (χ4v) is 3.73. The summed E-state index contributed by atoms with van der Waals surface area (Å²) in [5, 5.41) is 10.9. The summed E-state index contributed by atoms with van der Waals surface area (Å²) in [6.07, 6.45) is -4.83. The first kappa shape index (κ1) is 22.3. The minimum atomic E-state index is -4.83. The number of methoxy groups -OCH3 is 1. The number of carbonyl (C=O) groups is 2. The van der Waals surface area contributed by atoms with Gasteiger partial charge in [-0.15, -0.1) is 0 Å². The highest BCUT2D eigenvalue weighted by atomic mass is 19.4. The van der Waals surface area contributed by atoms with Crippen molar-refractivity contribution in [3.05, 3.63) is 63.2 Å². The number of alkyl halides is 3. The summed E-state index contributed by atoms with van der Waals surface area (Å²) < 4.78 is 45.5. The van der Waals surface area contributed by atoms with Gasteiger partial charge in [-0.05, 0) is 34.7 Å². The van der Waals surface area contributed by atoms with Crippen LogP contribution < -0.4 is 0 Å². The molecule has 3 rings (SSSR count). The number of esters is 1. The number of ether oxygens (including phenoxy) is 1. The molecule has 0 N–H and O–H groups in total. The lowest BCUT2D eigenvalue weighted by Crippen LogP contribution is -2.45. The Balaban J connectivity index is 2.06. The van der Waals surface area contributed by atoms with E-state index in [1.54, 1.807) is 13.8 Å². The fraction of sp³-hybridized carbons (Fsp3) is 0.333. The van der Waals surface area contributed by atoms with Crippen LogP contribution in [0.2, 0.25) is 0 Å². The first-order valence-corrected chi connectivity index (χ1v) is 9.33. The van der Waals surface area contributed by atoms with E-state index in [9.17, 15) is 32.9 Å². The lowest BCUT2D eigenvalue weighted by molar-refractivity contribution is -0.385. The highest BCUT2D eigenvalue weighted by Gasteiger charge is 2.40. The Labute approximate surface area is 175 Å². The number of carbonyl (C=O) groups excluding carboxylic acids is 2. The van der Waals surface area contributed by atoms with E-state index in [1.165, 1.54) is 30.2 Å². The summed E-state index contributed by atoms with van der Waals surface area (Å²) in [6.45, 7) is 3.64. The van der Waals surface area contributed by atoms with Gasteiger partial charge in [0.15, 0.2) is 0 Å². The number of hydrogen-bond acceptors (Lipinski definition) is 5. The second-order valence-corrected chi connectivity index (χ2v) is 7.50. The van der Waals surface area contributed by atoms with Crippen LogP contribution in [0.15, 0.2) is 36.4 Å². The second kappa shape index (κ2) is 8.01. The molecule has 0 radical (unpaired) electrons. The van der Waals surface area contributed by atoms with Crippen LogP contribution in [0.4, 0.5) is 18.9 Å². The van der Waals surface area contributed by atoms with Gasteiger partial charge < -0.3 is 9.64 Å². The average molecular weight is 436 g/mol. The van der Waals surface area contributed by atoms with E-state index in [2.05, 4.69) is 0 Å². The second-order valence-electron chi connectivity index (χ2n) is 7.50. The normalized spacial score (nSPS) is 14.5. The minimum Gasteiger partial charge on any atom is -0.467 e. The Morgan fingerprint density at radius 1 is 1.16 bits per heavy atom. The average Bonchev–Trinajstić information content (AvgIpc) is 3.02. The molecule has 2 aromatic carbocycles. The Hall–Kier alpha value is -3.43. The molecule has 0 aromatic heterocycles. The number of nitrogens with zero attached hydrogens (tertiary/aromatic N) is 2. The van der Waals surface area contributed by atoms with Gasteiger partial charge in [0.25, 0.3) is 11.6 Å². The van der Waals surface area contributed by atoms with Gasteiger partial charge in [-0.3, -0.25) is 14.9 Å². The number of nitro groups is 1. The highest BCUT2D eigenvalue weighted by Crippen LogP contribution is 2.40. The van der Waals surface area contributed by atoms with Crippen molar-refractivity contribution in [3.8, 4) is 11.1 Å². The smallest absolute Gasteiger partial charge is 0.417 e. The molecule has 2 aromatic rings. The molecule has 1 heterocycles. The molecule has 7 nitrogen and oxygen atoms in total. The zero-order valence-electron chi connectivity index (χ0n) is 16.9. The molecule has 0 unspecified atom stereocenters. The zero-order chi connectivity index (χ0) is 23.1. The molecule has 1 aliphatic rings. The predicted molar refractivity (Wildman–Crippen MR) is 104 cm³/mol. The maximum atomic E-state index is 13.6. The number of halogens is 3. The summed E-state index contributed by atoms with van der Waals surface area (Å²) >= 11 is 0. The maximum Gasteiger partial charge on any atom is 0.417 e. The fourth-order valence-electron chi connectivity index (χ4n) is 3.73. The molecule has 1 amide bonds. The molecule has 0 saturated heterocycles. The Kier molecular flexibility index (Phi) is 5.75. The van der Waals surface area contributed by atoms with Crippen molar-refractivity contribution < 1.29 is 32.4 Å². The largest absolute Gasteiger partial charge is 0.467 e. The van der Waals surface area contributed by atoms with Crippen LogP contribution in [-0.2, 0) is 22.3 Å². The number of rotatable bonds is 5. The number of amides is 1. The van der Waals surface area contributed by atoms with E-state index in [0.717, 1.165) is 12.1 Å². The van der Waals surface area contributed by atoms with Gasteiger partial charge in [-0.1, -0.05) is 26.0 Å². The van der Waals surface area contributed by atoms with Gasteiger partial charge in [0.2, 0.25) is 0 Å². The van der Waals surface area contributed by atoms with Gasteiger partial charge in [0, 0.05) is 24.2 Å². The van der Waals surface area contributed by atoms with Crippen molar-refractivity contribution in [2.45, 2.75) is 32.6 Å². The predicted octanol–water partition coefficient (Wildman–Crippen LogP) is 4.43. The van der Waals surface area contributed by atoms with E-state index < -0.39 is 40.3 Å². The van der Waals surface area contributed by atoms with E-state index >= 15 is 0 Å². The molecule has 31 heavy (non-hydrogen) atoms. The number of hydrogen-bond donors (Lipinski definition) is 0. The van der Waals surface area contributed by atoms with Gasteiger partial charge in [-0.2, -0.15) is 13.2 Å². The lowest BCUT2D eigenvalue weighted by atomic mass is 9.95. The van der Waals surface area contributed by atoms with E-state index in [4.69, 9.17) is 4.74 Å². The molecule has 0 fully saturated rings. The number of non-ortho nitro benzene ring substituents is 1. The number of benzene rings is 2. The zero-order valence-corrected chi connectivity index (χ0v) is 16.9. The molecule has 164 valence electrons. The molecule has 1 atom stereocenters. The third-order valence-electron chi connectivity index (χ3n) is 5.18. The van der Waals surface area contributed by atoms with E-state index in [0.29, 0.717) is 11.6 Å². The first-order chi connectivity index (χ1) is 14.5. The first-order valence-electron chi connectivity index (χ1n) is 9.33. The van der Waals surface area contributed by atoms with Crippen molar-refractivity contribution >= 4 is 17.6 Å². The summed E-state index contributed by atoms with van der Waals surface area (Å²) in [5.41, 5.74) is -1.29. The van der Waals surface area contributed by atoms with Gasteiger partial charge >= 0.3 is 12.1 Å². The SMILES string of the molecule is COC(=O)[C@H](C(C)C)N1Cc2ccc(-c3ccc([N+](=O)[O-])cc3C(F)(F)F)cc2C1=O. The van der Waals surface area contributed by atoms with Crippen molar-refractivity contribution in [1.82, 2.24) is 4.90 Å². The van der Waals surface area contributed by atoms with Gasteiger partial charge in [0.05, 0.1) is 17.6 Å². The molecule has 0 bridgehead atoms. The third kappa shape index (κ3) is 4.10. The molecule has 1 aliphatic heterocycles. The minimum absolute atomic E-state index is 0.0929. The molecule has 0 saturated carbocycles. The summed E-state index contributed by atoms with van der Waals surface area (Å²) in [4.78, 5) is 36.5. The highest BCUT2D eigenvalue weighted by molar-refractivity contribution is 6.01. The third-order valence-corrected chi connectivity index (χ3v) is 5.18. The summed E-state index contributed by atoms with van der Waals surface area (Å²) in [6, 6.07) is 5.92. The monoisotopic (exact) mass is 436 g/mol. The van der Waals surface area contributed by atoms with Crippen LogP contribution in [0.1, 0.15) is 35.3 Å². The van der Waals surface area contributed by atoms with E-state index in [1.807, 2.05) is 0 Å². The molecular formula is C21H19F3N2O5. The quantitative estimate of drug-likeness (QED) is 0.393. The Bertz CT molecular complexity index is 1070. The van der Waals surface area contributed by atoms with E-state index in [-0.39, 0.29) is 29.2 Å². The van der Waals surface area contributed by atoms with Crippen LogP contribution in [0.25, 0.3) is 11.1 Å². The summed E-state index contributed by atoms with van der Waals surface area (Å²) in [5.74, 6) is -1.31. The molecule has 10 heteroatoms. The topological polar surface area (TPSA) is 89.8 Å². The lowest BCUT2D eigenvalue weighted by Gasteiger charge is -2.28. The maximum absolute atomic E-state index is 13.6. The standard InChI is InChI=1S/C21H19F3N2O5/c1-11(2)18(20(28)31-3)25-10-13-5-4-12(8-16(13)19(25)27)15-7-6-14(26(29)30)9-17(15)21(22,23)24/h4-9,11,18H,10H2,1-3H3/t18-/m0/s1. The number of fused-ring (bicyclic) bond motifs is 1. The van der Waals surface area contributed by atoms with Crippen LogP contribution in [0.3, 0.4) is 0 Å². The van der Waals surface area contributed by atoms with Crippen LogP contribution in [-0.4, -0.2) is 34.9 Å². The van der Waals surface area contributed by atoms with Crippen molar-refractivity contribution in [2.75, 3.05) is 7.11 Å². The van der Waals surface area contributed by atoms with Crippen LogP contribution >= 0.6 is 0 Å². The molecule has 0 aliphatic carbocycles. The van der Waals surface area contributed by atoms with Crippen LogP contribution in [0.5, 0.6) is 0 Å². The Morgan fingerprint density at radius 3 is 2.39 bits per heavy atom. The van der Waals surface area contributed by atoms with Crippen LogP contribution in [0, 0.1) is 16.0 Å². The van der Waals surface area contributed by atoms with Gasteiger partial charge in [-0.25, -0.2) is 4.79 Å². The van der Waals surface area contributed by atoms with Gasteiger partial charge in [0.1, 0.15) is 6.04 Å². The van der Waals surface area contributed by atoms with Crippen molar-refractivity contribution in [3.63, 3.8) is 0 Å². The Morgan fingerprint density at radius 2 is 1.84 bits per heavy atom.